The number of amides is 1. The van der Waals surface area contributed by atoms with Gasteiger partial charge in [0.1, 0.15) is 0 Å². The fraction of sp³-hybridized carbons (Fsp3) is 0.417. The molecule has 1 atom stereocenters. The fourth-order valence-corrected chi connectivity index (χ4v) is 4.96. The van der Waals surface area contributed by atoms with Crippen LogP contribution in [0, 0.1) is 20.8 Å². The van der Waals surface area contributed by atoms with Gasteiger partial charge in [-0.1, -0.05) is 35.9 Å². The lowest BCUT2D eigenvalue weighted by Crippen LogP contribution is -2.43. The molecular formula is C24H30N4O2S. The standard InChI is InChI=1S/C24H30N4O2S/c1-17-6-8-20(9-7-17)16-28-19(3)23(18(2)26-28)24(29)25-15-21(22-5-4-14-31-22)27-10-12-30-13-11-27/h4-9,14,21H,10-13,15-16H2,1-3H3,(H,25,29). The summed E-state index contributed by atoms with van der Waals surface area (Å²) in [5, 5.41) is 9.92. The van der Waals surface area contributed by atoms with Crippen LogP contribution in [-0.4, -0.2) is 53.4 Å². The third-order valence-electron chi connectivity index (χ3n) is 5.88. The zero-order valence-electron chi connectivity index (χ0n) is 18.4. The van der Waals surface area contributed by atoms with Crippen molar-refractivity contribution in [3.63, 3.8) is 0 Å². The maximum Gasteiger partial charge on any atom is 0.255 e. The molecule has 1 N–H and O–H groups in total. The molecular weight excluding hydrogens is 408 g/mol. The average Bonchev–Trinajstić information content (AvgIpc) is 3.39. The summed E-state index contributed by atoms with van der Waals surface area (Å²) in [5.74, 6) is -0.0556. The van der Waals surface area contributed by atoms with Crippen LogP contribution in [0.25, 0.3) is 0 Å². The van der Waals surface area contributed by atoms with Gasteiger partial charge >= 0.3 is 0 Å². The van der Waals surface area contributed by atoms with E-state index in [4.69, 9.17) is 4.74 Å². The molecule has 31 heavy (non-hydrogen) atoms. The van der Waals surface area contributed by atoms with E-state index in [2.05, 4.69) is 64.0 Å². The molecule has 2 aromatic heterocycles. The van der Waals surface area contributed by atoms with Gasteiger partial charge in [0.05, 0.1) is 37.1 Å². The number of thiophene rings is 1. The Hall–Kier alpha value is -2.48. The van der Waals surface area contributed by atoms with E-state index >= 15 is 0 Å². The molecule has 4 rings (SSSR count). The molecule has 1 saturated heterocycles. The van der Waals surface area contributed by atoms with Crippen molar-refractivity contribution in [2.45, 2.75) is 33.4 Å². The second kappa shape index (κ2) is 9.77. The molecule has 0 bridgehead atoms. The number of ether oxygens (including phenoxy) is 1. The number of hydrogen-bond acceptors (Lipinski definition) is 5. The number of aryl methyl sites for hydroxylation is 2. The van der Waals surface area contributed by atoms with Gasteiger partial charge in [0.25, 0.3) is 5.91 Å². The van der Waals surface area contributed by atoms with Crippen LogP contribution in [0.2, 0.25) is 0 Å². The summed E-state index contributed by atoms with van der Waals surface area (Å²) < 4.78 is 7.44. The number of carbonyl (C=O) groups excluding carboxylic acids is 1. The van der Waals surface area contributed by atoms with Crippen molar-refractivity contribution in [1.82, 2.24) is 20.0 Å². The van der Waals surface area contributed by atoms with Gasteiger partial charge in [-0.15, -0.1) is 11.3 Å². The Morgan fingerprint density at radius 2 is 1.90 bits per heavy atom. The van der Waals surface area contributed by atoms with Crippen LogP contribution >= 0.6 is 11.3 Å². The third-order valence-corrected chi connectivity index (χ3v) is 6.85. The summed E-state index contributed by atoms with van der Waals surface area (Å²) in [6, 6.07) is 12.8. The molecule has 1 fully saturated rings. The van der Waals surface area contributed by atoms with Crippen molar-refractivity contribution in [2.75, 3.05) is 32.8 Å². The number of rotatable bonds is 7. The van der Waals surface area contributed by atoms with Crippen molar-refractivity contribution < 1.29 is 9.53 Å². The molecule has 7 heteroatoms. The molecule has 1 amide bonds. The van der Waals surface area contributed by atoms with E-state index < -0.39 is 0 Å². The Morgan fingerprint density at radius 3 is 2.58 bits per heavy atom. The molecule has 6 nitrogen and oxygen atoms in total. The summed E-state index contributed by atoms with van der Waals surface area (Å²) in [7, 11) is 0. The van der Waals surface area contributed by atoms with Crippen LogP contribution in [-0.2, 0) is 11.3 Å². The van der Waals surface area contributed by atoms with Gasteiger partial charge in [-0.3, -0.25) is 14.4 Å². The molecule has 164 valence electrons. The van der Waals surface area contributed by atoms with E-state index in [0.717, 1.165) is 37.7 Å². The van der Waals surface area contributed by atoms with Crippen LogP contribution in [0.3, 0.4) is 0 Å². The molecule has 3 aromatic rings. The van der Waals surface area contributed by atoms with Gasteiger partial charge < -0.3 is 10.1 Å². The number of carbonyl (C=O) groups is 1. The zero-order chi connectivity index (χ0) is 21.8. The lowest BCUT2D eigenvalue weighted by atomic mass is 10.1. The Labute approximate surface area is 187 Å². The first-order valence-corrected chi connectivity index (χ1v) is 11.6. The van der Waals surface area contributed by atoms with Crippen LogP contribution < -0.4 is 5.32 Å². The van der Waals surface area contributed by atoms with Gasteiger partial charge in [-0.05, 0) is 37.8 Å². The second-order valence-corrected chi connectivity index (χ2v) is 9.06. The number of morpholine rings is 1. The van der Waals surface area contributed by atoms with Crippen LogP contribution in [0.5, 0.6) is 0 Å². The molecule has 1 unspecified atom stereocenters. The summed E-state index contributed by atoms with van der Waals surface area (Å²) >= 11 is 1.73. The molecule has 1 aromatic carbocycles. The van der Waals surface area contributed by atoms with E-state index in [1.807, 2.05) is 18.5 Å². The Bertz CT molecular complexity index is 1010. The minimum absolute atomic E-state index is 0.0556. The molecule has 0 saturated carbocycles. The largest absolute Gasteiger partial charge is 0.379 e. The first-order valence-electron chi connectivity index (χ1n) is 10.8. The molecule has 3 heterocycles. The zero-order valence-corrected chi connectivity index (χ0v) is 19.2. The molecule has 1 aliphatic rings. The Kier molecular flexibility index (Phi) is 6.85. The highest BCUT2D eigenvalue weighted by Gasteiger charge is 2.25. The number of aromatic nitrogens is 2. The highest BCUT2D eigenvalue weighted by molar-refractivity contribution is 7.10. The monoisotopic (exact) mass is 438 g/mol. The normalized spacial score (nSPS) is 15.7. The molecule has 0 spiro atoms. The van der Waals surface area contributed by atoms with Crippen LogP contribution in [0.1, 0.15) is 43.8 Å². The quantitative estimate of drug-likeness (QED) is 0.611. The first kappa shape index (κ1) is 21.7. The van der Waals surface area contributed by atoms with Crippen molar-refractivity contribution in [3.8, 4) is 0 Å². The topological polar surface area (TPSA) is 59.4 Å². The Balaban J connectivity index is 1.47. The number of nitrogens with zero attached hydrogens (tertiary/aromatic N) is 3. The van der Waals surface area contributed by atoms with Gasteiger partial charge in [-0.25, -0.2) is 0 Å². The van der Waals surface area contributed by atoms with E-state index in [9.17, 15) is 4.79 Å². The minimum atomic E-state index is -0.0556. The highest BCUT2D eigenvalue weighted by Crippen LogP contribution is 2.26. The van der Waals surface area contributed by atoms with Gasteiger partial charge in [0.2, 0.25) is 0 Å². The van der Waals surface area contributed by atoms with Gasteiger partial charge in [0, 0.05) is 30.2 Å². The maximum absolute atomic E-state index is 13.1. The average molecular weight is 439 g/mol. The summed E-state index contributed by atoms with van der Waals surface area (Å²) in [5.41, 5.74) is 4.75. The minimum Gasteiger partial charge on any atom is -0.379 e. The smallest absolute Gasteiger partial charge is 0.255 e. The van der Waals surface area contributed by atoms with Crippen LogP contribution in [0.15, 0.2) is 41.8 Å². The Morgan fingerprint density at radius 1 is 1.16 bits per heavy atom. The van der Waals surface area contributed by atoms with E-state index in [-0.39, 0.29) is 11.9 Å². The lowest BCUT2D eigenvalue weighted by molar-refractivity contribution is 0.0169. The van der Waals surface area contributed by atoms with Crippen LogP contribution in [0.4, 0.5) is 0 Å². The van der Waals surface area contributed by atoms with E-state index in [1.54, 1.807) is 11.3 Å². The van der Waals surface area contributed by atoms with Crippen molar-refractivity contribution in [2.24, 2.45) is 0 Å². The second-order valence-electron chi connectivity index (χ2n) is 8.08. The predicted octanol–water partition coefficient (Wildman–Crippen LogP) is 3.72. The SMILES string of the molecule is Cc1ccc(Cn2nc(C)c(C(=O)NCC(c3cccs3)N3CCOCC3)c2C)cc1. The van der Waals surface area contributed by atoms with Crippen molar-refractivity contribution >= 4 is 17.2 Å². The van der Waals surface area contributed by atoms with E-state index in [1.165, 1.54) is 16.0 Å². The number of hydrogen-bond donors (Lipinski definition) is 1. The molecule has 1 aliphatic heterocycles. The third kappa shape index (κ3) is 5.06. The first-order chi connectivity index (χ1) is 15.0. The van der Waals surface area contributed by atoms with Gasteiger partial charge in [0.15, 0.2) is 0 Å². The fourth-order valence-electron chi connectivity index (χ4n) is 4.10. The van der Waals surface area contributed by atoms with E-state index in [0.29, 0.717) is 18.7 Å². The maximum atomic E-state index is 13.1. The van der Waals surface area contributed by atoms with Crippen molar-refractivity contribution in [3.05, 3.63) is 74.7 Å². The summed E-state index contributed by atoms with van der Waals surface area (Å²) in [4.78, 5) is 16.8. The number of nitrogens with one attached hydrogen (secondary N) is 1. The number of benzene rings is 1. The lowest BCUT2D eigenvalue weighted by Gasteiger charge is -2.34. The van der Waals surface area contributed by atoms with Crippen molar-refractivity contribution in [1.29, 1.82) is 0 Å². The molecule has 0 radical (unpaired) electrons. The summed E-state index contributed by atoms with van der Waals surface area (Å²) in [6.45, 7) is 10.4. The summed E-state index contributed by atoms with van der Waals surface area (Å²) in [6.07, 6.45) is 0. The molecule has 0 aliphatic carbocycles. The predicted molar refractivity (Wildman–Crippen MR) is 124 cm³/mol. The van der Waals surface area contributed by atoms with Gasteiger partial charge in [-0.2, -0.15) is 5.10 Å². The highest BCUT2D eigenvalue weighted by atomic mass is 32.1.